The summed E-state index contributed by atoms with van der Waals surface area (Å²) in [7, 11) is 1.45. The number of carbonyl (C=O) groups excluding carboxylic acids is 2. The SMILES string of the molecule is CN1N=C(C(=O)N2C[C@H](O)C[C@H]2C(=O)O)CCC1=O. The first-order chi connectivity index (χ1) is 8.90. The zero-order valence-electron chi connectivity index (χ0n) is 10.4. The average molecular weight is 269 g/mol. The van der Waals surface area contributed by atoms with Gasteiger partial charge in [0.2, 0.25) is 5.91 Å². The van der Waals surface area contributed by atoms with Gasteiger partial charge < -0.3 is 15.1 Å². The minimum atomic E-state index is -1.15. The van der Waals surface area contributed by atoms with Crippen molar-refractivity contribution >= 4 is 23.5 Å². The number of hydrogen-bond donors (Lipinski definition) is 2. The van der Waals surface area contributed by atoms with Crippen LogP contribution in [0.3, 0.4) is 0 Å². The van der Waals surface area contributed by atoms with E-state index in [4.69, 9.17) is 5.11 Å². The Morgan fingerprint density at radius 3 is 2.63 bits per heavy atom. The van der Waals surface area contributed by atoms with Crippen LogP contribution in [0, 0.1) is 0 Å². The fourth-order valence-corrected chi connectivity index (χ4v) is 2.26. The van der Waals surface area contributed by atoms with Crippen LogP contribution in [0.4, 0.5) is 0 Å². The van der Waals surface area contributed by atoms with E-state index in [2.05, 4.69) is 5.10 Å². The summed E-state index contributed by atoms with van der Waals surface area (Å²) < 4.78 is 0. The van der Waals surface area contributed by atoms with Crippen molar-refractivity contribution in [3.8, 4) is 0 Å². The van der Waals surface area contributed by atoms with Gasteiger partial charge in [0.05, 0.1) is 6.10 Å². The molecular formula is C11H15N3O5. The van der Waals surface area contributed by atoms with Gasteiger partial charge in [-0.25, -0.2) is 9.80 Å². The fourth-order valence-electron chi connectivity index (χ4n) is 2.26. The Morgan fingerprint density at radius 1 is 1.37 bits per heavy atom. The van der Waals surface area contributed by atoms with Crippen molar-refractivity contribution in [2.24, 2.45) is 5.10 Å². The van der Waals surface area contributed by atoms with E-state index in [0.717, 1.165) is 9.91 Å². The number of aliphatic hydroxyl groups is 1. The summed E-state index contributed by atoms with van der Waals surface area (Å²) >= 11 is 0. The summed E-state index contributed by atoms with van der Waals surface area (Å²) in [5.41, 5.74) is 0.155. The second kappa shape index (κ2) is 4.96. The first-order valence-corrected chi connectivity index (χ1v) is 5.96. The largest absolute Gasteiger partial charge is 0.480 e. The number of nitrogens with zero attached hydrogens (tertiary/aromatic N) is 3. The first kappa shape index (κ1) is 13.5. The number of likely N-dealkylation sites (tertiary alicyclic amines) is 1. The summed E-state index contributed by atoms with van der Waals surface area (Å²) in [6.07, 6.45) is -0.451. The van der Waals surface area contributed by atoms with Crippen molar-refractivity contribution in [1.82, 2.24) is 9.91 Å². The Labute approximate surface area is 109 Å². The number of carbonyl (C=O) groups is 3. The van der Waals surface area contributed by atoms with Crippen molar-refractivity contribution in [3.63, 3.8) is 0 Å². The van der Waals surface area contributed by atoms with Crippen LogP contribution in [0.15, 0.2) is 5.10 Å². The number of aliphatic carboxylic acids is 1. The van der Waals surface area contributed by atoms with Gasteiger partial charge in [-0.05, 0) is 0 Å². The van der Waals surface area contributed by atoms with E-state index in [0.29, 0.717) is 0 Å². The standard InChI is InChI=1S/C11H15N3O5/c1-13-9(16)3-2-7(12-13)10(17)14-5-6(15)4-8(14)11(18)19/h6,8,15H,2-5H2,1H3,(H,18,19)/t6-,8+/m1/s1. The smallest absolute Gasteiger partial charge is 0.326 e. The highest BCUT2D eigenvalue weighted by Gasteiger charge is 2.40. The highest BCUT2D eigenvalue weighted by Crippen LogP contribution is 2.20. The van der Waals surface area contributed by atoms with Crippen molar-refractivity contribution in [2.75, 3.05) is 13.6 Å². The number of carboxylic acids is 1. The predicted molar refractivity (Wildman–Crippen MR) is 63.2 cm³/mol. The third kappa shape index (κ3) is 2.58. The van der Waals surface area contributed by atoms with Crippen LogP contribution in [0.25, 0.3) is 0 Å². The van der Waals surface area contributed by atoms with Crippen LogP contribution in [0.1, 0.15) is 19.3 Å². The lowest BCUT2D eigenvalue weighted by Crippen LogP contribution is -2.46. The van der Waals surface area contributed by atoms with E-state index in [1.54, 1.807) is 0 Å². The molecule has 8 heteroatoms. The van der Waals surface area contributed by atoms with Gasteiger partial charge in [0.15, 0.2) is 0 Å². The Bertz CT molecular complexity index is 461. The Balaban J connectivity index is 2.17. The molecule has 0 aromatic heterocycles. The van der Waals surface area contributed by atoms with E-state index in [1.807, 2.05) is 0 Å². The van der Waals surface area contributed by atoms with Crippen LogP contribution >= 0.6 is 0 Å². The van der Waals surface area contributed by atoms with Crippen LogP contribution < -0.4 is 0 Å². The Morgan fingerprint density at radius 2 is 2.05 bits per heavy atom. The molecular weight excluding hydrogens is 254 g/mol. The lowest BCUT2D eigenvalue weighted by atomic mass is 10.1. The molecule has 19 heavy (non-hydrogen) atoms. The number of β-amino-alcohol motifs (C(OH)–C–C–N with tert-alkyl or cyclic N) is 1. The molecule has 104 valence electrons. The number of rotatable bonds is 2. The summed E-state index contributed by atoms with van der Waals surface area (Å²) in [4.78, 5) is 35.6. The van der Waals surface area contributed by atoms with Gasteiger partial charge in [0.1, 0.15) is 11.8 Å². The maximum atomic E-state index is 12.2. The molecule has 0 spiro atoms. The number of aliphatic hydroxyl groups excluding tert-OH is 1. The molecule has 1 saturated heterocycles. The second-order valence-electron chi connectivity index (χ2n) is 4.67. The molecule has 2 amide bonds. The number of hydrogen-bond acceptors (Lipinski definition) is 5. The molecule has 0 bridgehead atoms. The van der Waals surface area contributed by atoms with Gasteiger partial charge >= 0.3 is 5.97 Å². The van der Waals surface area contributed by atoms with E-state index in [9.17, 15) is 19.5 Å². The minimum Gasteiger partial charge on any atom is -0.480 e. The van der Waals surface area contributed by atoms with Gasteiger partial charge in [-0.15, -0.1) is 0 Å². The van der Waals surface area contributed by atoms with Crippen molar-refractivity contribution < 1.29 is 24.6 Å². The van der Waals surface area contributed by atoms with Crippen molar-refractivity contribution in [2.45, 2.75) is 31.4 Å². The molecule has 0 saturated carbocycles. The summed E-state index contributed by atoms with van der Waals surface area (Å²) in [6.45, 7) is -0.0213. The topological polar surface area (TPSA) is 111 Å². The Kier molecular flexibility index (Phi) is 3.52. The Hall–Kier alpha value is -1.96. The zero-order valence-corrected chi connectivity index (χ0v) is 10.4. The van der Waals surface area contributed by atoms with Crippen molar-refractivity contribution in [3.05, 3.63) is 0 Å². The molecule has 2 rings (SSSR count). The average Bonchev–Trinajstić information content (AvgIpc) is 2.74. The van der Waals surface area contributed by atoms with Crippen molar-refractivity contribution in [1.29, 1.82) is 0 Å². The number of carboxylic acid groups (broad SMARTS) is 1. The highest BCUT2D eigenvalue weighted by molar-refractivity contribution is 6.39. The van der Waals surface area contributed by atoms with Gasteiger partial charge in [-0.3, -0.25) is 9.59 Å². The monoisotopic (exact) mass is 269 g/mol. The van der Waals surface area contributed by atoms with Crippen LogP contribution in [0.5, 0.6) is 0 Å². The first-order valence-electron chi connectivity index (χ1n) is 5.96. The van der Waals surface area contributed by atoms with Crippen LogP contribution in [-0.4, -0.2) is 69.4 Å². The molecule has 2 aliphatic rings. The molecule has 0 radical (unpaired) electrons. The summed E-state index contributed by atoms with van der Waals surface area (Å²) in [6, 6.07) is -1.03. The second-order valence-corrected chi connectivity index (χ2v) is 4.67. The predicted octanol–water partition coefficient (Wildman–Crippen LogP) is -1.36. The van der Waals surface area contributed by atoms with E-state index >= 15 is 0 Å². The number of amides is 2. The summed E-state index contributed by atoms with van der Waals surface area (Å²) in [5, 5.41) is 23.5. The van der Waals surface area contributed by atoms with E-state index in [1.165, 1.54) is 7.05 Å². The molecule has 2 heterocycles. The molecule has 0 aliphatic carbocycles. The molecule has 0 aromatic rings. The maximum absolute atomic E-state index is 12.2. The summed E-state index contributed by atoms with van der Waals surface area (Å²) in [5.74, 6) is -1.86. The van der Waals surface area contributed by atoms with Gasteiger partial charge in [0.25, 0.3) is 5.91 Å². The van der Waals surface area contributed by atoms with E-state index in [-0.39, 0.29) is 37.4 Å². The lowest BCUT2D eigenvalue weighted by molar-refractivity contribution is -0.146. The molecule has 8 nitrogen and oxygen atoms in total. The molecule has 2 atom stereocenters. The highest BCUT2D eigenvalue weighted by atomic mass is 16.4. The fraction of sp³-hybridized carbons (Fsp3) is 0.636. The van der Waals surface area contributed by atoms with Gasteiger partial charge in [-0.1, -0.05) is 0 Å². The molecule has 0 aromatic carbocycles. The molecule has 2 N–H and O–H groups in total. The van der Waals surface area contributed by atoms with Crippen LogP contribution in [0.2, 0.25) is 0 Å². The quantitative estimate of drug-likeness (QED) is 0.643. The lowest BCUT2D eigenvalue weighted by Gasteiger charge is -2.25. The molecule has 2 aliphatic heterocycles. The number of hydrazone groups is 1. The third-order valence-corrected chi connectivity index (χ3v) is 3.28. The molecule has 1 fully saturated rings. The van der Waals surface area contributed by atoms with Gasteiger partial charge in [-0.2, -0.15) is 5.10 Å². The molecule has 0 unspecified atom stereocenters. The normalized spacial score (nSPS) is 27.5. The van der Waals surface area contributed by atoms with Gasteiger partial charge in [0, 0.05) is 32.9 Å². The van der Waals surface area contributed by atoms with E-state index < -0.39 is 24.0 Å². The maximum Gasteiger partial charge on any atom is 0.326 e. The minimum absolute atomic E-state index is 0.0170. The third-order valence-electron chi connectivity index (χ3n) is 3.28. The van der Waals surface area contributed by atoms with Crippen LogP contribution in [-0.2, 0) is 14.4 Å². The zero-order chi connectivity index (χ0) is 14.2.